The first-order valence-corrected chi connectivity index (χ1v) is 11.1. The van der Waals surface area contributed by atoms with Gasteiger partial charge in [-0.1, -0.05) is 60.3 Å². The lowest BCUT2D eigenvalue weighted by Gasteiger charge is -2.06. The summed E-state index contributed by atoms with van der Waals surface area (Å²) in [6.45, 7) is 0.307. The van der Waals surface area contributed by atoms with E-state index in [1.165, 1.54) is 23.1 Å². The molecule has 0 aliphatic heterocycles. The molecule has 2 aromatic carbocycles. The quantitative estimate of drug-likeness (QED) is 0.415. The molecule has 152 valence electrons. The molecule has 0 aliphatic rings. The minimum absolute atomic E-state index is 0.140. The van der Waals surface area contributed by atoms with Crippen LogP contribution in [0.15, 0.2) is 71.2 Å². The number of nitrogens with zero attached hydrogens (tertiary/aromatic N) is 4. The molecule has 4 aromatic rings. The van der Waals surface area contributed by atoms with Crippen molar-refractivity contribution in [3.8, 4) is 17.0 Å². The van der Waals surface area contributed by atoms with Crippen molar-refractivity contribution in [2.24, 2.45) is 7.05 Å². The lowest BCUT2D eigenvalue weighted by atomic mass is 10.2. The largest absolute Gasteiger partial charge is 0.486 e. The number of thioether (sulfide) groups is 1. The zero-order valence-corrected chi connectivity index (χ0v) is 17.8. The van der Waals surface area contributed by atoms with Crippen LogP contribution in [0, 0.1) is 0 Å². The molecule has 4 rings (SSSR count). The summed E-state index contributed by atoms with van der Waals surface area (Å²) in [6.07, 6.45) is 0. The van der Waals surface area contributed by atoms with Crippen LogP contribution in [0.25, 0.3) is 11.3 Å². The second-order valence-corrected chi connectivity index (χ2v) is 8.10. The van der Waals surface area contributed by atoms with Crippen LogP contribution < -0.4 is 10.1 Å². The average molecular weight is 438 g/mol. The van der Waals surface area contributed by atoms with Crippen LogP contribution >= 0.6 is 23.1 Å². The second kappa shape index (κ2) is 9.55. The van der Waals surface area contributed by atoms with E-state index in [0.29, 0.717) is 22.7 Å². The monoisotopic (exact) mass is 437 g/mol. The summed E-state index contributed by atoms with van der Waals surface area (Å²) >= 11 is 2.72. The molecule has 0 atom stereocenters. The molecule has 0 radical (unpaired) electrons. The Hall–Kier alpha value is -3.17. The van der Waals surface area contributed by atoms with Crippen molar-refractivity contribution in [2.45, 2.75) is 11.8 Å². The van der Waals surface area contributed by atoms with E-state index in [9.17, 15) is 4.79 Å². The number of amides is 1. The number of anilines is 1. The highest BCUT2D eigenvalue weighted by molar-refractivity contribution is 7.99. The molecule has 2 heterocycles. The van der Waals surface area contributed by atoms with Gasteiger partial charge in [0.05, 0.1) is 11.4 Å². The number of hydrogen-bond donors (Lipinski definition) is 1. The number of carbonyl (C=O) groups is 1. The molecule has 7 nitrogen and oxygen atoms in total. The SMILES string of the molecule is Cn1c(COc2ccccc2)nnc1SCC(=O)Nc1nc(-c2ccccc2)cs1. The number of ether oxygens (including phenoxy) is 1. The Labute approximate surface area is 182 Å². The normalized spacial score (nSPS) is 10.7. The van der Waals surface area contributed by atoms with Gasteiger partial charge in [-0.15, -0.1) is 21.5 Å². The third-order valence-corrected chi connectivity index (χ3v) is 5.97. The number of hydrogen-bond acceptors (Lipinski definition) is 7. The van der Waals surface area contributed by atoms with Gasteiger partial charge in [-0.25, -0.2) is 4.98 Å². The van der Waals surface area contributed by atoms with Crippen LogP contribution in [0.4, 0.5) is 5.13 Å². The first kappa shape index (κ1) is 20.1. The fourth-order valence-electron chi connectivity index (χ4n) is 2.62. The number of aromatic nitrogens is 4. The predicted molar refractivity (Wildman–Crippen MR) is 119 cm³/mol. The van der Waals surface area contributed by atoms with E-state index in [-0.39, 0.29) is 11.7 Å². The molecule has 0 fully saturated rings. The Bertz CT molecular complexity index is 1110. The van der Waals surface area contributed by atoms with Gasteiger partial charge in [-0.3, -0.25) is 4.79 Å². The molecule has 1 N–H and O–H groups in total. The molecule has 1 amide bonds. The molecule has 0 spiro atoms. The van der Waals surface area contributed by atoms with E-state index in [1.807, 2.05) is 77.7 Å². The molecule has 0 aliphatic carbocycles. The fourth-order valence-corrected chi connectivity index (χ4v) is 4.08. The van der Waals surface area contributed by atoms with E-state index in [2.05, 4.69) is 20.5 Å². The molecule has 9 heteroatoms. The lowest BCUT2D eigenvalue weighted by Crippen LogP contribution is -2.14. The third kappa shape index (κ3) is 5.05. The highest BCUT2D eigenvalue weighted by atomic mass is 32.2. The molecule has 30 heavy (non-hydrogen) atoms. The minimum Gasteiger partial charge on any atom is -0.486 e. The number of thiazole rings is 1. The smallest absolute Gasteiger partial charge is 0.236 e. The fraction of sp³-hybridized carbons (Fsp3) is 0.143. The van der Waals surface area contributed by atoms with Crippen LogP contribution in [0.1, 0.15) is 5.82 Å². The molecular weight excluding hydrogens is 418 g/mol. The zero-order chi connectivity index (χ0) is 20.8. The Morgan fingerprint density at radius 3 is 2.60 bits per heavy atom. The van der Waals surface area contributed by atoms with Gasteiger partial charge in [0, 0.05) is 18.0 Å². The van der Waals surface area contributed by atoms with Crippen LogP contribution in [-0.2, 0) is 18.4 Å². The predicted octanol–water partition coefficient (Wildman–Crippen LogP) is 4.25. The summed E-state index contributed by atoms with van der Waals surface area (Å²) in [5.41, 5.74) is 1.87. The standard InChI is InChI=1S/C21H19N5O2S2/c1-26-18(12-28-16-10-6-3-7-11-16)24-25-21(26)30-14-19(27)23-20-22-17(13-29-20)15-8-4-2-5-9-15/h2-11,13H,12,14H2,1H3,(H,22,23,27). The Balaban J connectivity index is 1.29. The highest BCUT2D eigenvalue weighted by Gasteiger charge is 2.13. The number of para-hydroxylation sites is 1. The van der Waals surface area contributed by atoms with E-state index in [4.69, 9.17) is 4.74 Å². The van der Waals surface area contributed by atoms with Crippen molar-refractivity contribution >= 4 is 34.1 Å². The van der Waals surface area contributed by atoms with Gasteiger partial charge in [0.1, 0.15) is 12.4 Å². The summed E-state index contributed by atoms with van der Waals surface area (Å²) in [5, 5.41) is 14.3. The molecule has 0 saturated carbocycles. The molecule has 0 unspecified atom stereocenters. The number of rotatable bonds is 8. The van der Waals surface area contributed by atoms with Crippen molar-refractivity contribution in [2.75, 3.05) is 11.1 Å². The van der Waals surface area contributed by atoms with Crippen LogP contribution in [-0.4, -0.2) is 31.4 Å². The van der Waals surface area contributed by atoms with Gasteiger partial charge in [0.2, 0.25) is 5.91 Å². The topological polar surface area (TPSA) is 81.9 Å². The van der Waals surface area contributed by atoms with E-state index < -0.39 is 0 Å². The molecule has 0 bridgehead atoms. The zero-order valence-electron chi connectivity index (χ0n) is 16.2. The Morgan fingerprint density at radius 2 is 1.83 bits per heavy atom. The van der Waals surface area contributed by atoms with Crippen molar-refractivity contribution in [1.29, 1.82) is 0 Å². The third-order valence-electron chi connectivity index (χ3n) is 4.19. The molecular formula is C21H19N5O2S2. The van der Waals surface area contributed by atoms with Gasteiger partial charge >= 0.3 is 0 Å². The number of carbonyl (C=O) groups excluding carboxylic acids is 1. The second-order valence-electron chi connectivity index (χ2n) is 6.30. The molecule has 0 saturated heterocycles. The summed E-state index contributed by atoms with van der Waals surface area (Å²) in [5.74, 6) is 1.53. The lowest BCUT2D eigenvalue weighted by molar-refractivity contribution is -0.113. The number of nitrogens with one attached hydrogen (secondary N) is 1. The molecule has 2 aromatic heterocycles. The highest BCUT2D eigenvalue weighted by Crippen LogP contribution is 2.25. The maximum absolute atomic E-state index is 12.3. The van der Waals surface area contributed by atoms with Crippen molar-refractivity contribution < 1.29 is 9.53 Å². The average Bonchev–Trinajstić information content (AvgIpc) is 3.39. The summed E-state index contributed by atoms with van der Waals surface area (Å²) in [7, 11) is 1.86. The van der Waals surface area contributed by atoms with Gasteiger partial charge < -0.3 is 14.6 Å². The number of benzene rings is 2. The van der Waals surface area contributed by atoms with Gasteiger partial charge in [-0.05, 0) is 12.1 Å². The summed E-state index contributed by atoms with van der Waals surface area (Å²) in [6, 6.07) is 19.4. The first-order chi connectivity index (χ1) is 14.7. The maximum atomic E-state index is 12.3. The van der Waals surface area contributed by atoms with Crippen molar-refractivity contribution in [1.82, 2.24) is 19.7 Å². The van der Waals surface area contributed by atoms with E-state index >= 15 is 0 Å². The summed E-state index contributed by atoms with van der Waals surface area (Å²) < 4.78 is 7.54. The first-order valence-electron chi connectivity index (χ1n) is 9.19. The van der Waals surface area contributed by atoms with Crippen molar-refractivity contribution in [3.63, 3.8) is 0 Å². The van der Waals surface area contributed by atoms with Crippen LogP contribution in [0.2, 0.25) is 0 Å². The van der Waals surface area contributed by atoms with Crippen molar-refractivity contribution in [3.05, 3.63) is 71.9 Å². The van der Waals surface area contributed by atoms with Crippen LogP contribution in [0.3, 0.4) is 0 Å². The van der Waals surface area contributed by atoms with E-state index in [1.54, 1.807) is 0 Å². The van der Waals surface area contributed by atoms with Gasteiger partial charge in [0.15, 0.2) is 16.1 Å². The maximum Gasteiger partial charge on any atom is 0.236 e. The Kier molecular flexibility index (Phi) is 6.41. The van der Waals surface area contributed by atoms with Crippen LogP contribution in [0.5, 0.6) is 5.75 Å². The summed E-state index contributed by atoms with van der Waals surface area (Å²) in [4.78, 5) is 16.8. The Morgan fingerprint density at radius 1 is 1.10 bits per heavy atom. The minimum atomic E-state index is -0.140. The van der Waals surface area contributed by atoms with E-state index in [0.717, 1.165) is 17.0 Å². The van der Waals surface area contributed by atoms with Gasteiger partial charge in [0.25, 0.3) is 0 Å². The van der Waals surface area contributed by atoms with Gasteiger partial charge in [-0.2, -0.15) is 0 Å².